The maximum absolute atomic E-state index is 13.9. The molecule has 0 radical (unpaired) electrons. The SMILES string of the molecule is Cc1ccc(-c2nn(-c3ccccc3)cc2C(=O)N2Cc3ccccc3C[C@@H]2C(N)=O)cc1. The number of rotatable bonds is 4. The van der Waals surface area contributed by atoms with E-state index < -0.39 is 11.9 Å². The average Bonchev–Trinajstić information content (AvgIpc) is 3.29. The first-order valence-corrected chi connectivity index (χ1v) is 10.9. The van der Waals surface area contributed by atoms with Gasteiger partial charge in [0, 0.05) is 24.7 Å². The molecule has 0 aliphatic carbocycles. The Morgan fingerprint density at radius 3 is 2.27 bits per heavy atom. The normalized spacial score (nSPS) is 15.2. The van der Waals surface area contributed by atoms with Crippen LogP contribution >= 0.6 is 0 Å². The number of carbonyl (C=O) groups is 2. The zero-order valence-electron chi connectivity index (χ0n) is 18.3. The molecule has 0 unspecified atom stereocenters. The Labute approximate surface area is 192 Å². The summed E-state index contributed by atoms with van der Waals surface area (Å²) < 4.78 is 1.71. The Bertz CT molecular complexity index is 1330. The number of amides is 2. The second-order valence-electron chi connectivity index (χ2n) is 8.36. The Morgan fingerprint density at radius 1 is 0.909 bits per heavy atom. The fraction of sp³-hybridized carbons (Fsp3) is 0.148. The van der Waals surface area contributed by atoms with E-state index >= 15 is 0 Å². The van der Waals surface area contributed by atoms with Gasteiger partial charge in [-0.15, -0.1) is 0 Å². The molecule has 0 fully saturated rings. The van der Waals surface area contributed by atoms with Crippen LogP contribution in [0.5, 0.6) is 0 Å². The summed E-state index contributed by atoms with van der Waals surface area (Å²) in [5.74, 6) is -0.767. The van der Waals surface area contributed by atoms with Crippen molar-refractivity contribution in [1.82, 2.24) is 14.7 Å². The number of para-hydroxylation sites is 1. The minimum atomic E-state index is -0.710. The molecule has 0 bridgehead atoms. The largest absolute Gasteiger partial charge is 0.368 e. The van der Waals surface area contributed by atoms with Gasteiger partial charge in [0.25, 0.3) is 5.91 Å². The number of nitrogens with zero attached hydrogens (tertiary/aromatic N) is 3. The third kappa shape index (κ3) is 3.91. The van der Waals surface area contributed by atoms with E-state index in [0.29, 0.717) is 24.2 Å². The molecule has 2 N–H and O–H groups in total. The van der Waals surface area contributed by atoms with Gasteiger partial charge in [0.2, 0.25) is 5.91 Å². The van der Waals surface area contributed by atoms with E-state index in [1.807, 2.05) is 85.8 Å². The van der Waals surface area contributed by atoms with Crippen LogP contribution in [0.1, 0.15) is 27.0 Å². The predicted molar refractivity (Wildman–Crippen MR) is 127 cm³/mol. The van der Waals surface area contributed by atoms with Gasteiger partial charge in [-0.3, -0.25) is 9.59 Å². The third-order valence-corrected chi connectivity index (χ3v) is 6.13. The summed E-state index contributed by atoms with van der Waals surface area (Å²) in [6, 6.07) is 24.7. The van der Waals surface area contributed by atoms with Crippen LogP contribution in [0, 0.1) is 6.92 Å². The summed E-state index contributed by atoms with van der Waals surface area (Å²) in [6.45, 7) is 2.34. The van der Waals surface area contributed by atoms with Gasteiger partial charge >= 0.3 is 0 Å². The molecule has 2 amide bonds. The van der Waals surface area contributed by atoms with Crippen molar-refractivity contribution in [2.24, 2.45) is 5.73 Å². The summed E-state index contributed by atoms with van der Waals surface area (Å²) >= 11 is 0. The van der Waals surface area contributed by atoms with Crippen molar-refractivity contribution < 1.29 is 9.59 Å². The van der Waals surface area contributed by atoms with E-state index in [1.165, 1.54) is 0 Å². The van der Waals surface area contributed by atoms with Crippen molar-refractivity contribution in [1.29, 1.82) is 0 Å². The van der Waals surface area contributed by atoms with Gasteiger partial charge in [-0.05, 0) is 30.2 Å². The average molecular weight is 437 g/mol. The number of aryl methyl sites for hydroxylation is 1. The molecule has 5 rings (SSSR count). The van der Waals surface area contributed by atoms with Crippen LogP contribution in [0.2, 0.25) is 0 Å². The molecule has 4 aromatic rings. The van der Waals surface area contributed by atoms with Gasteiger partial charge in [0.15, 0.2) is 0 Å². The minimum Gasteiger partial charge on any atom is -0.368 e. The number of aromatic nitrogens is 2. The highest BCUT2D eigenvalue weighted by Gasteiger charge is 2.35. The molecule has 33 heavy (non-hydrogen) atoms. The molecule has 2 heterocycles. The molecule has 1 aliphatic heterocycles. The second kappa shape index (κ2) is 8.39. The van der Waals surface area contributed by atoms with Crippen LogP contribution in [0.3, 0.4) is 0 Å². The van der Waals surface area contributed by atoms with Crippen molar-refractivity contribution in [3.8, 4) is 16.9 Å². The molecular weight excluding hydrogens is 412 g/mol. The first-order chi connectivity index (χ1) is 16.0. The van der Waals surface area contributed by atoms with Crippen molar-refractivity contribution >= 4 is 11.8 Å². The first kappa shape index (κ1) is 20.7. The lowest BCUT2D eigenvalue weighted by molar-refractivity contribution is -0.122. The molecule has 164 valence electrons. The minimum absolute atomic E-state index is 0.258. The Hall–Kier alpha value is -4.19. The van der Waals surface area contributed by atoms with Crippen LogP contribution in [0.25, 0.3) is 16.9 Å². The Balaban J connectivity index is 1.61. The number of hydrogen-bond acceptors (Lipinski definition) is 3. The van der Waals surface area contributed by atoms with E-state index in [-0.39, 0.29) is 5.91 Å². The molecular formula is C27H24N4O2. The van der Waals surface area contributed by atoms with E-state index in [1.54, 1.807) is 15.8 Å². The standard InChI is InChI=1S/C27H24N4O2/c1-18-11-13-19(14-12-18)25-23(17-31(29-25)22-9-3-2-4-10-22)27(33)30-16-21-8-6-5-7-20(21)15-24(30)26(28)32/h2-14,17,24H,15-16H2,1H3,(H2,28,32)/t24-/m1/s1. The molecule has 1 aliphatic rings. The number of primary amides is 1. The Kier molecular flexibility index (Phi) is 5.26. The van der Waals surface area contributed by atoms with Crippen LogP contribution in [0.4, 0.5) is 0 Å². The highest BCUT2D eigenvalue weighted by atomic mass is 16.2. The summed E-state index contributed by atoms with van der Waals surface area (Å²) in [5.41, 5.74) is 11.6. The number of fused-ring (bicyclic) bond motifs is 1. The van der Waals surface area contributed by atoms with Gasteiger partial charge in [0.05, 0.1) is 11.3 Å². The molecule has 1 atom stereocenters. The smallest absolute Gasteiger partial charge is 0.258 e. The third-order valence-electron chi connectivity index (χ3n) is 6.13. The van der Waals surface area contributed by atoms with Gasteiger partial charge in [-0.2, -0.15) is 5.10 Å². The van der Waals surface area contributed by atoms with Crippen LogP contribution in [0.15, 0.2) is 85.1 Å². The summed E-state index contributed by atoms with van der Waals surface area (Å²) in [5, 5.41) is 4.76. The molecule has 0 saturated carbocycles. The van der Waals surface area contributed by atoms with Crippen LogP contribution in [-0.4, -0.2) is 32.5 Å². The summed E-state index contributed by atoms with van der Waals surface area (Å²) in [4.78, 5) is 27.8. The molecule has 0 spiro atoms. The number of carbonyl (C=O) groups excluding carboxylic acids is 2. The van der Waals surface area contributed by atoms with E-state index in [0.717, 1.165) is 27.9 Å². The fourth-order valence-corrected chi connectivity index (χ4v) is 4.31. The van der Waals surface area contributed by atoms with E-state index in [4.69, 9.17) is 10.8 Å². The van der Waals surface area contributed by atoms with Crippen molar-refractivity contribution in [3.63, 3.8) is 0 Å². The molecule has 0 saturated heterocycles. The Morgan fingerprint density at radius 2 is 1.58 bits per heavy atom. The maximum Gasteiger partial charge on any atom is 0.258 e. The monoisotopic (exact) mass is 436 g/mol. The van der Waals surface area contributed by atoms with Gasteiger partial charge in [0.1, 0.15) is 11.7 Å². The van der Waals surface area contributed by atoms with Crippen molar-refractivity contribution in [2.45, 2.75) is 25.9 Å². The lowest BCUT2D eigenvalue weighted by Gasteiger charge is -2.35. The zero-order valence-corrected chi connectivity index (χ0v) is 18.3. The topological polar surface area (TPSA) is 81.2 Å². The maximum atomic E-state index is 13.9. The van der Waals surface area contributed by atoms with E-state index in [9.17, 15) is 9.59 Å². The van der Waals surface area contributed by atoms with Crippen molar-refractivity contribution in [2.75, 3.05) is 0 Å². The van der Waals surface area contributed by atoms with E-state index in [2.05, 4.69) is 0 Å². The summed E-state index contributed by atoms with van der Waals surface area (Å²) in [6.07, 6.45) is 2.15. The zero-order chi connectivity index (χ0) is 22.9. The lowest BCUT2D eigenvalue weighted by Crippen LogP contribution is -2.51. The van der Waals surface area contributed by atoms with Gasteiger partial charge in [-0.25, -0.2) is 4.68 Å². The molecule has 6 nitrogen and oxygen atoms in total. The highest BCUT2D eigenvalue weighted by Crippen LogP contribution is 2.29. The quantitative estimate of drug-likeness (QED) is 0.527. The number of benzene rings is 3. The second-order valence-corrected chi connectivity index (χ2v) is 8.36. The van der Waals surface area contributed by atoms with Crippen molar-refractivity contribution in [3.05, 3.63) is 107 Å². The predicted octanol–water partition coefficient (Wildman–Crippen LogP) is 3.90. The summed E-state index contributed by atoms with van der Waals surface area (Å²) in [7, 11) is 0. The molecule has 1 aromatic heterocycles. The highest BCUT2D eigenvalue weighted by molar-refractivity contribution is 6.02. The van der Waals surface area contributed by atoms with Crippen LogP contribution < -0.4 is 5.73 Å². The lowest BCUT2D eigenvalue weighted by atomic mass is 9.92. The first-order valence-electron chi connectivity index (χ1n) is 10.9. The number of hydrogen-bond donors (Lipinski definition) is 1. The number of nitrogens with two attached hydrogens (primary N) is 1. The fourth-order valence-electron chi connectivity index (χ4n) is 4.31. The van der Waals surface area contributed by atoms with Gasteiger partial charge in [-0.1, -0.05) is 72.3 Å². The van der Waals surface area contributed by atoms with Crippen LogP contribution in [-0.2, 0) is 17.8 Å². The molecule has 3 aromatic carbocycles. The van der Waals surface area contributed by atoms with Gasteiger partial charge < -0.3 is 10.6 Å². The molecule has 6 heteroatoms.